The number of amides is 1. The van der Waals surface area contributed by atoms with Crippen LogP contribution in [0.1, 0.15) is 25.0 Å². The van der Waals surface area contributed by atoms with Crippen molar-refractivity contribution in [3.63, 3.8) is 0 Å². The highest BCUT2D eigenvalue weighted by atomic mass is 16.5. The number of carbonyl (C=O) groups excluding carboxylic acids is 1. The van der Waals surface area contributed by atoms with Gasteiger partial charge in [0.05, 0.1) is 6.54 Å². The van der Waals surface area contributed by atoms with Crippen LogP contribution in [0.2, 0.25) is 0 Å². The van der Waals surface area contributed by atoms with E-state index in [0.29, 0.717) is 24.2 Å². The Balaban J connectivity index is 1.57. The van der Waals surface area contributed by atoms with Crippen LogP contribution in [0.4, 0.5) is 0 Å². The van der Waals surface area contributed by atoms with E-state index in [1.54, 1.807) is 0 Å². The van der Waals surface area contributed by atoms with Gasteiger partial charge in [0.25, 0.3) is 0 Å². The van der Waals surface area contributed by atoms with Gasteiger partial charge in [0.2, 0.25) is 11.8 Å². The van der Waals surface area contributed by atoms with Crippen molar-refractivity contribution >= 4 is 5.91 Å². The summed E-state index contributed by atoms with van der Waals surface area (Å²) in [6.45, 7) is 3.49. The van der Waals surface area contributed by atoms with Crippen LogP contribution in [-0.2, 0) is 4.79 Å². The largest absolute Gasteiger partial charge is 0.472 e. The molecule has 1 saturated heterocycles. The Morgan fingerprint density at radius 2 is 2.22 bits per heavy atom. The van der Waals surface area contributed by atoms with Crippen molar-refractivity contribution in [1.29, 1.82) is 0 Å². The van der Waals surface area contributed by atoms with Crippen molar-refractivity contribution in [3.05, 3.63) is 23.9 Å². The molecule has 1 atom stereocenters. The molecule has 1 aliphatic carbocycles. The van der Waals surface area contributed by atoms with E-state index >= 15 is 0 Å². The third-order valence-corrected chi connectivity index (χ3v) is 3.53. The second-order valence-electron chi connectivity index (χ2n) is 5.20. The number of hydrogen-bond acceptors (Lipinski definition) is 3. The molecule has 1 saturated carbocycles. The summed E-state index contributed by atoms with van der Waals surface area (Å²) in [7, 11) is 0. The molecule has 0 radical (unpaired) electrons. The van der Waals surface area contributed by atoms with E-state index in [1.807, 2.05) is 30.0 Å². The smallest absolute Gasteiger partial charge is 0.225 e. The molecule has 18 heavy (non-hydrogen) atoms. The number of likely N-dealkylation sites (tertiary alicyclic amines) is 1. The van der Waals surface area contributed by atoms with Gasteiger partial charge in [-0.15, -0.1) is 0 Å². The SMILES string of the molecule is Cc1cccc(OC2CCN(C(=O)C3CC3)C2)n1. The molecule has 0 N–H and O–H groups in total. The molecule has 4 heteroatoms. The lowest BCUT2D eigenvalue weighted by Gasteiger charge is -2.16. The van der Waals surface area contributed by atoms with E-state index < -0.39 is 0 Å². The Labute approximate surface area is 107 Å². The van der Waals surface area contributed by atoms with E-state index in [4.69, 9.17) is 4.74 Å². The minimum absolute atomic E-state index is 0.0991. The van der Waals surface area contributed by atoms with Crippen molar-refractivity contribution in [2.75, 3.05) is 13.1 Å². The molecule has 1 amide bonds. The zero-order chi connectivity index (χ0) is 12.5. The molecule has 1 aromatic heterocycles. The topological polar surface area (TPSA) is 42.4 Å². The molecule has 4 nitrogen and oxygen atoms in total. The van der Waals surface area contributed by atoms with Crippen LogP contribution in [-0.4, -0.2) is 35.0 Å². The van der Waals surface area contributed by atoms with Gasteiger partial charge in [-0.25, -0.2) is 4.98 Å². The van der Waals surface area contributed by atoms with E-state index in [1.165, 1.54) is 0 Å². The average Bonchev–Trinajstić information content (AvgIpc) is 3.09. The fourth-order valence-electron chi connectivity index (χ4n) is 2.37. The van der Waals surface area contributed by atoms with E-state index in [2.05, 4.69) is 4.98 Å². The molecule has 2 heterocycles. The fraction of sp³-hybridized carbons (Fsp3) is 0.571. The first kappa shape index (κ1) is 11.5. The van der Waals surface area contributed by atoms with E-state index in [9.17, 15) is 4.79 Å². The number of aryl methyl sites for hydroxylation is 1. The standard InChI is InChI=1S/C14H18N2O2/c1-10-3-2-4-13(15-10)18-12-7-8-16(9-12)14(17)11-5-6-11/h2-4,11-12H,5-9H2,1H3. The third kappa shape index (κ3) is 2.47. The molecule has 1 unspecified atom stereocenters. The van der Waals surface area contributed by atoms with Gasteiger partial charge < -0.3 is 9.64 Å². The number of nitrogens with zero attached hydrogens (tertiary/aromatic N) is 2. The first-order valence-electron chi connectivity index (χ1n) is 6.61. The van der Waals surface area contributed by atoms with Gasteiger partial charge in [-0.3, -0.25) is 4.79 Å². The van der Waals surface area contributed by atoms with Crippen LogP contribution in [0.3, 0.4) is 0 Å². The number of hydrogen-bond donors (Lipinski definition) is 0. The highest BCUT2D eigenvalue weighted by molar-refractivity contribution is 5.81. The zero-order valence-corrected chi connectivity index (χ0v) is 10.6. The molecular formula is C14H18N2O2. The van der Waals surface area contributed by atoms with Crippen molar-refractivity contribution in [1.82, 2.24) is 9.88 Å². The average molecular weight is 246 g/mol. The summed E-state index contributed by atoms with van der Waals surface area (Å²) in [5.74, 6) is 1.29. The Morgan fingerprint density at radius 1 is 1.39 bits per heavy atom. The summed E-state index contributed by atoms with van der Waals surface area (Å²) in [4.78, 5) is 18.2. The van der Waals surface area contributed by atoms with Gasteiger partial charge in [0.1, 0.15) is 6.10 Å². The Hall–Kier alpha value is -1.58. The predicted octanol–water partition coefficient (Wildman–Crippen LogP) is 1.78. The summed E-state index contributed by atoms with van der Waals surface area (Å²) in [5, 5.41) is 0. The van der Waals surface area contributed by atoms with Crippen molar-refractivity contribution in [3.8, 4) is 5.88 Å². The van der Waals surface area contributed by atoms with Crippen LogP contribution in [0, 0.1) is 12.8 Å². The molecule has 0 bridgehead atoms. The quantitative estimate of drug-likeness (QED) is 0.816. The number of pyridine rings is 1. The van der Waals surface area contributed by atoms with E-state index in [0.717, 1.165) is 31.5 Å². The number of rotatable bonds is 3. The molecule has 2 fully saturated rings. The fourth-order valence-corrected chi connectivity index (χ4v) is 2.37. The van der Waals surface area contributed by atoms with Crippen LogP contribution in [0.25, 0.3) is 0 Å². The van der Waals surface area contributed by atoms with Gasteiger partial charge in [-0.2, -0.15) is 0 Å². The molecule has 2 aliphatic rings. The molecular weight excluding hydrogens is 228 g/mol. The van der Waals surface area contributed by atoms with Crippen LogP contribution in [0.15, 0.2) is 18.2 Å². The lowest BCUT2D eigenvalue weighted by Crippen LogP contribution is -2.32. The Morgan fingerprint density at radius 3 is 2.94 bits per heavy atom. The van der Waals surface area contributed by atoms with Gasteiger partial charge in [-0.1, -0.05) is 6.07 Å². The molecule has 0 aromatic carbocycles. The first-order chi connectivity index (χ1) is 8.72. The second kappa shape index (κ2) is 4.59. The van der Waals surface area contributed by atoms with Crippen molar-refractivity contribution < 1.29 is 9.53 Å². The first-order valence-corrected chi connectivity index (χ1v) is 6.61. The molecule has 96 valence electrons. The molecule has 1 aliphatic heterocycles. The van der Waals surface area contributed by atoms with Crippen LogP contribution >= 0.6 is 0 Å². The number of aromatic nitrogens is 1. The monoisotopic (exact) mass is 246 g/mol. The highest BCUT2D eigenvalue weighted by Gasteiger charge is 2.37. The van der Waals surface area contributed by atoms with Crippen LogP contribution < -0.4 is 4.74 Å². The third-order valence-electron chi connectivity index (χ3n) is 3.53. The minimum atomic E-state index is 0.0991. The summed E-state index contributed by atoms with van der Waals surface area (Å²) in [5.41, 5.74) is 0.955. The lowest BCUT2D eigenvalue weighted by atomic mass is 10.3. The normalized spacial score (nSPS) is 23.2. The highest BCUT2D eigenvalue weighted by Crippen LogP contribution is 2.32. The maximum atomic E-state index is 11.9. The predicted molar refractivity (Wildman–Crippen MR) is 67.3 cm³/mol. The van der Waals surface area contributed by atoms with Gasteiger partial charge in [0, 0.05) is 30.6 Å². The van der Waals surface area contributed by atoms with Gasteiger partial charge in [0.15, 0.2) is 0 Å². The minimum Gasteiger partial charge on any atom is -0.472 e. The maximum Gasteiger partial charge on any atom is 0.225 e. The summed E-state index contributed by atoms with van der Waals surface area (Å²) >= 11 is 0. The summed E-state index contributed by atoms with van der Waals surface area (Å²) < 4.78 is 5.83. The Bertz CT molecular complexity index is 457. The van der Waals surface area contributed by atoms with Crippen molar-refractivity contribution in [2.24, 2.45) is 5.92 Å². The second-order valence-corrected chi connectivity index (χ2v) is 5.20. The van der Waals surface area contributed by atoms with Crippen LogP contribution in [0.5, 0.6) is 5.88 Å². The maximum absolute atomic E-state index is 11.9. The number of carbonyl (C=O) groups is 1. The van der Waals surface area contributed by atoms with Crippen molar-refractivity contribution in [2.45, 2.75) is 32.3 Å². The Kier molecular flexibility index (Phi) is 2.94. The van der Waals surface area contributed by atoms with Gasteiger partial charge in [-0.05, 0) is 25.8 Å². The summed E-state index contributed by atoms with van der Waals surface area (Å²) in [6, 6.07) is 5.77. The number of ether oxygens (including phenoxy) is 1. The lowest BCUT2D eigenvalue weighted by molar-refractivity contribution is -0.131. The molecule has 3 rings (SSSR count). The van der Waals surface area contributed by atoms with E-state index in [-0.39, 0.29) is 6.10 Å². The summed E-state index contributed by atoms with van der Waals surface area (Å²) in [6.07, 6.45) is 3.15. The van der Waals surface area contributed by atoms with Gasteiger partial charge >= 0.3 is 0 Å². The molecule has 0 spiro atoms. The molecule has 1 aromatic rings. The zero-order valence-electron chi connectivity index (χ0n) is 10.6.